The molecule has 1 N–H and O–H groups in total. The second-order valence-electron chi connectivity index (χ2n) is 6.36. The van der Waals surface area contributed by atoms with E-state index in [9.17, 15) is 13.2 Å². The van der Waals surface area contributed by atoms with Crippen molar-refractivity contribution >= 4 is 27.5 Å². The van der Waals surface area contributed by atoms with Gasteiger partial charge in [-0.1, -0.05) is 29.8 Å². The molecule has 0 radical (unpaired) electrons. The molecule has 1 aliphatic rings. The van der Waals surface area contributed by atoms with Crippen molar-refractivity contribution < 1.29 is 17.9 Å². The van der Waals surface area contributed by atoms with E-state index in [0.29, 0.717) is 56.3 Å². The van der Waals surface area contributed by atoms with E-state index in [1.165, 1.54) is 4.31 Å². The highest BCUT2D eigenvalue weighted by atomic mass is 35.5. The highest BCUT2D eigenvalue weighted by Crippen LogP contribution is 2.24. The third-order valence-electron chi connectivity index (χ3n) is 4.48. The van der Waals surface area contributed by atoms with Crippen LogP contribution in [0.2, 0.25) is 5.02 Å². The van der Waals surface area contributed by atoms with Crippen molar-refractivity contribution in [1.82, 2.24) is 9.62 Å². The summed E-state index contributed by atoms with van der Waals surface area (Å²) in [5.74, 6) is -0.237. The van der Waals surface area contributed by atoms with Crippen molar-refractivity contribution in [1.29, 1.82) is 0 Å². The Labute approximate surface area is 160 Å². The third kappa shape index (κ3) is 6.23. The van der Waals surface area contributed by atoms with Crippen LogP contribution in [0.1, 0.15) is 31.7 Å². The topological polar surface area (TPSA) is 75.7 Å². The number of ether oxygens (including phenoxy) is 1. The van der Waals surface area contributed by atoms with Crippen molar-refractivity contribution in [2.45, 2.75) is 31.9 Å². The van der Waals surface area contributed by atoms with Gasteiger partial charge in [-0.25, -0.2) is 12.7 Å². The highest BCUT2D eigenvalue weighted by molar-refractivity contribution is 7.88. The number of sulfonamides is 1. The fourth-order valence-electron chi connectivity index (χ4n) is 2.97. The van der Waals surface area contributed by atoms with Crippen LogP contribution in [-0.2, 0) is 25.3 Å². The molecule has 0 saturated carbocycles. The number of hydrogen-bond acceptors (Lipinski definition) is 4. The fraction of sp³-hybridized carbons (Fsp3) is 0.611. The first-order valence-corrected chi connectivity index (χ1v) is 11.0. The van der Waals surface area contributed by atoms with E-state index in [1.807, 2.05) is 6.92 Å². The van der Waals surface area contributed by atoms with Gasteiger partial charge in [0.15, 0.2) is 0 Å². The number of nitrogens with one attached hydrogen (secondary N) is 1. The Kier molecular flexibility index (Phi) is 8.34. The summed E-state index contributed by atoms with van der Waals surface area (Å²) in [6.45, 7) is 4.56. The summed E-state index contributed by atoms with van der Waals surface area (Å²) in [4.78, 5) is 12.2. The van der Waals surface area contributed by atoms with Gasteiger partial charge in [-0.3, -0.25) is 4.79 Å². The van der Waals surface area contributed by atoms with E-state index < -0.39 is 10.0 Å². The number of nitrogens with zero attached hydrogens (tertiary/aromatic N) is 1. The molecule has 1 heterocycles. The van der Waals surface area contributed by atoms with Gasteiger partial charge in [0.25, 0.3) is 0 Å². The van der Waals surface area contributed by atoms with Gasteiger partial charge in [0.1, 0.15) is 0 Å². The van der Waals surface area contributed by atoms with Crippen LogP contribution in [0.15, 0.2) is 24.3 Å². The Balaban J connectivity index is 1.80. The average Bonchev–Trinajstić information content (AvgIpc) is 2.63. The molecule has 0 aliphatic carbocycles. The zero-order valence-corrected chi connectivity index (χ0v) is 16.7. The summed E-state index contributed by atoms with van der Waals surface area (Å²) >= 11 is 6.07. The first-order chi connectivity index (χ1) is 12.4. The van der Waals surface area contributed by atoms with Crippen LogP contribution < -0.4 is 5.32 Å². The summed E-state index contributed by atoms with van der Waals surface area (Å²) in [6.07, 6.45) is 1.86. The molecule has 0 aromatic heterocycles. The Morgan fingerprint density at radius 2 is 2.00 bits per heavy atom. The SMILES string of the molecule is CCOCCCNC(=O)C1CCN(S(=O)(=O)Cc2ccccc2Cl)CC1. The number of hydrogen-bond donors (Lipinski definition) is 1. The van der Waals surface area contributed by atoms with Crippen molar-refractivity contribution in [3.05, 3.63) is 34.9 Å². The zero-order valence-electron chi connectivity index (χ0n) is 15.1. The minimum atomic E-state index is -3.43. The molecule has 26 heavy (non-hydrogen) atoms. The van der Waals surface area contributed by atoms with Gasteiger partial charge in [-0.15, -0.1) is 0 Å². The summed E-state index contributed by atoms with van der Waals surface area (Å²) in [6, 6.07) is 6.96. The maximum absolute atomic E-state index is 12.6. The second kappa shape index (κ2) is 10.3. The van der Waals surface area contributed by atoms with Gasteiger partial charge in [0, 0.05) is 43.8 Å². The number of piperidine rings is 1. The molecule has 1 amide bonds. The van der Waals surface area contributed by atoms with Gasteiger partial charge >= 0.3 is 0 Å². The van der Waals surface area contributed by atoms with E-state index >= 15 is 0 Å². The molecule has 1 aliphatic heterocycles. The van der Waals surface area contributed by atoms with E-state index in [4.69, 9.17) is 16.3 Å². The lowest BCUT2D eigenvalue weighted by Crippen LogP contribution is -2.43. The average molecular weight is 403 g/mol. The standard InChI is InChI=1S/C18H27ClN2O4S/c1-2-25-13-5-10-20-18(22)15-8-11-21(12-9-15)26(23,24)14-16-6-3-4-7-17(16)19/h3-4,6-7,15H,2,5,8-14H2,1H3,(H,20,22). The number of rotatable bonds is 9. The molecule has 0 unspecified atom stereocenters. The molecule has 0 bridgehead atoms. The summed E-state index contributed by atoms with van der Waals surface area (Å²) < 4.78 is 31.9. The molecule has 0 atom stereocenters. The highest BCUT2D eigenvalue weighted by Gasteiger charge is 2.31. The van der Waals surface area contributed by atoms with Crippen molar-refractivity contribution in [3.63, 3.8) is 0 Å². The fourth-order valence-corrected chi connectivity index (χ4v) is 4.85. The van der Waals surface area contributed by atoms with Crippen LogP contribution in [-0.4, -0.2) is 51.5 Å². The van der Waals surface area contributed by atoms with E-state index in [0.717, 1.165) is 6.42 Å². The number of amides is 1. The molecule has 146 valence electrons. The predicted molar refractivity (Wildman–Crippen MR) is 102 cm³/mol. The van der Waals surface area contributed by atoms with Crippen LogP contribution in [0.25, 0.3) is 0 Å². The van der Waals surface area contributed by atoms with Gasteiger partial charge in [-0.2, -0.15) is 0 Å². The first-order valence-electron chi connectivity index (χ1n) is 9.00. The van der Waals surface area contributed by atoms with Crippen LogP contribution in [0.5, 0.6) is 0 Å². The normalized spacial score (nSPS) is 16.5. The minimum Gasteiger partial charge on any atom is -0.382 e. The minimum absolute atomic E-state index is 0.00431. The molecular weight excluding hydrogens is 376 g/mol. The quantitative estimate of drug-likeness (QED) is 0.643. The number of carbonyl (C=O) groups excluding carboxylic acids is 1. The Hall–Kier alpha value is -1.15. The lowest BCUT2D eigenvalue weighted by Gasteiger charge is -2.30. The Morgan fingerprint density at radius 1 is 1.31 bits per heavy atom. The van der Waals surface area contributed by atoms with E-state index in [2.05, 4.69) is 5.32 Å². The maximum atomic E-state index is 12.6. The van der Waals surface area contributed by atoms with Gasteiger partial charge in [0.05, 0.1) is 5.75 Å². The Bertz CT molecular complexity index is 688. The molecule has 1 fully saturated rings. The maximum Gasteiger partial charge on any atom is 0.223 e. The first kappa shape index (κ1) is 21.2. The monoisotopic (exact) mass is 402 g/mol. The molecule has 0 spiro atoms. The van der Waals surface area contributed by atoms with Crippen LogP contribution in [0.3, 0.4) is 0 Å². The van der Waals surface area contributed by atoms with Crippen molar-refractivity contribution in [3.8, 4) is 0 Å². The van der Waals surface area contributed by atoms with Crippen LogP contribution in [0, 0.1) is 5.92 Å². The molecule has 6 nitrogen and oxygen atoms in total. The number of benzene rings is 1. The zero-order chi connectivity index (χ0) is 19.0. The Morgan fingerprint density at radius 3 is 2.65 bits per heavy atom. The van der Waals surface area contributed by atoms with Crippen LogP contribution >= 0.6 is 11.6 Å². The summed E-state index contributed by atoms with van der Waals surface area (Å²) in [7, 11) is -3.43. The van der Waals surface area contributed by atoms with Crippen LogP contribution in [0.4, 0.5) is 0 Å². The molecule has 1 saturated heterocycles. The molecular formula is C18H27ClN2O4S. The molecule has 1 aromatic carbocycles. The second-order valence-corrected chi connectivity index (χ2v) is 8.74. The van der Waals surface area contributed by atoms with Crippen molar-refractivity contribution in [2.75, 3.05) is 32.8 Å². The molecule has 1 aromatic rings. The van der Waals surface area contributed by atoms with Crippen molar-refractivity contribution in [2.24, 2.45) is 5.92 Å². The summed E-state index contributed by atoms with van der Waals surface area (Å²) in [5.41, 5.74) is 0.600. The smallest absolute Gasteiger partial charge is 0.223 e. The lowest BCUT2D eigenvalue weighted by molar-refractivity contribution is -0.126. The number of halogens is 1. The van der Waals surface area contributed by atoms with Gasteiger partial charge in [-0.05, 0) is 37.8 Å². The largest absolute Gasteiger partial charge is 0.382 e. The van der Waals surface area contributed by atoms with E-state index in [1.54, 1.807) is 24.3 Å². The summed E-state index contributed by atoms with van der Waals surface area (Å²) in [5, 5.41) is 3.36. The van der Waals surface area contributed by atoms with Gasteiger partial charge in [0.2, 0.25) is 15.9 Å². The lowest BCUT2D eigenvalue weighted by atomic mass is 9.97. The molecule has 2 rings (SSSR count). The van der Waals surface area contributed by atoms with Gasteiger partial charge < -0.3 is 10.1 Å². The number of carbonyl (C=O) groups is 1. The van der Waals surface area contributed by atoms with E-state index in [-0.39, 0.29) is 17.6 Å². The predicted octanol–water partition coefficient (Wildman–Crippen LogP) is 2.42. The third-order valence-corrected chi connectivity index (χ3v) is 6.68. The molecule has 8 heteroatoms.